The summed E-state index contributed by atoms with van der Waals surface area (Å²) in [5, 5.41) is 16.1. The highest BCUT2D eigenvalue weighted by atomic mass is 19.1. The van der Waals surface area contributed by atoms with Gasteiger partial charge >= 0.3 is 5.97 Å². The zero-order valence-electron chi connectivity index (χ0n) is 14.5. The molecular weight excluding hydrogens is 353 g/mol. The van der Waals surface area contributed by atoms with E-state index in [1.165, 1.54) is 12.1 Å². The molecule has 0 spiro atoms. The number of benzene rings is 1. The molecule has 1 saturated carbocycles. The van der Waals surface area contributed by atoms with Gasteiger partial charge in [0, 0.05) is 5.56 Å². The van der Waals surface area contributed by atoms with Gasteiger partial charge < -0.3 is 14.9 Å². The van der Waals surface area contributed by atoms with Crippen molar-refractivity contribution in [1.29, 1.82) is 0 Å². The number of hydrogen-bond acceptors (Lipinski definition) is 5. The lowest BCUT2D eigenvalue weighted by atomic mass is 9.82. The quantitative estimate of drug-likeness (QED) is 0.783. The first-order chi connectivity index (χ1) is 12.9. The van der Waals surface area contributed by atoms with Gasteiger partial charge in [-0.15, -0.1) is 0 Å². The fourth-order valence-corrected chi connectivity index (χ4v) is 4.04. The van der Waals surface area contributed by atoms with Gasteiger partial charge in [-0.05, 0) is 37.3 Å². The molecule has 5 unspecified atom stereocenters. The highest BCUT2D eigenvalue weighted by molar-refractivity contribution is 5.87. The Labute approximate surface area is 154 Å². The second-order valence-electron chi connectivity index (χ2n) is 7.03. The van der Waals surface area contributed by atoms with E-state index < -0.39 is 29.7 Å². The maximum Gasteiger partial charge on any atom is 0.307 e. The monoisotopic (exact) mass is 371 g/mol. The average molecular weight is 371 g/mol. The van der Waals surface area contributed by atoms with Gasteiger partial charge in [-0.2, -0.15) is 4.98 Å². The van der Waals surface area contributed by atoms with Crippen LogP contribution in [0.15, 0.2) is 40.9 Å². The van der Waals surface area contributed by atoms with E-state index >= 15 is 0 Å². The number of carbonyl (C=O) groups is 2. The molecule has 7 nitrogen and oxygen atoms in total. The number of allylic oxidation sites excluding steroid dienone is 2. The molecule has 2 N–H and O–H groups in total. The van der Waals surface area contributed by atoms with Crippen LogP contribution in [-0.4, -0.2) is 27.1 Å². The maximum absolute atomic E-state index is 13.3. The summed E-state index contributed by atoms with van der Waals surface area (Å²) in [6.45, 7) is 1.68. The molecule has 1 amide bonds. The fourth-order valence-electron chi connectivity index (χ4n) is 4.04. The molecule has 1 aromatic heterocycles. The van der Waals surface area contributed by atoms with Gasteiger partial charge in [0.1, 0.15) is 11.9 Å². The molecule has 4 rings (SSSR count). The lowest BCUT2D eigenvalue weighted by molar-refractivity contribution is -0.148. The van der Waals surface area contributed by atoms with Gasteiger partial charge in [0.15, 0.2) is 0 Å². The Balaban J connectivity index is 1.48. The number of amides is 1. The van der Waals surface area contributed by atoms with Gasteiger partial charge in [-0.3, -0.25) is 9.59 Å². The molecule has 1 heterocycles. The summed E-state index contributed by atoms with van der Waals surface area (Å²) in [5.41, 5.74) is 0.465. The topological polar surface area (TPSA) is 105 Å². The van der Waals surface area contributed by atoms with Gasteiger partial charge in [0.25, 0.3) is 0 Å². The van der Waals surface area contributed by atoms with Crippen LogP contribution in [0.5, 0.6) is 0 Å². The highest BCUT2D eigenvalue weighted by Gasteiger charge is 2.51. The predicted molar refractivity (Wildman–Crippen MR) is 91.6 cm³/mol. The Kier molecular flexibility index (Phi) is 4.25. The van der Waals surface area contributed by atoms with Crippen molar-refractivity contribution in [2.24, 2.45) is 23.7 Å². The number of carbonyl (C=O) groups excluding carboxylic acids is 1. The Morgan fingerprint density at radius 2 is 2.04 bits per heavy atom. The SMILES string of the molecule is CC(NC(=O)C1C2C=CC(C2)C1C(=O)O)c1nc(-c2cccc(F)c2)no1. The molecule has 2 bridgehead atoms. The number of nitrogens with zero attached hydrogens (tertiary/aromatic N) is 2. The minimum atomic E-state index is -0.953. The van der Waals surface area contributed by atoms with E-state index in [4.69, 9.17) is 4.52 Å². The van der Waals surface area contributed by atoms with Crippen molar-refractivity contribution < 1.29 is 23.6 Å². The maximum atomic E-state index is 13.3. The van der Waals surface area contributed by atoms with E-state index in [1.54, 1.807) is 19.1 Å². The fraction of sp³-hybridized carbons (Fsp3) is 0.368. The first-order valence-electron chi connectivity index (χ1n) is 8.75. The molecule has 1 fully saturated rings. The molecule has 0 saturated heterocycles. The lowest BCUT2D eigenvalue weighted by Gasteiger charge is -2.24. The van der Waals surface area contributed by atoms with Crippen LogP contribution in [0.1, 0.15) is 25.3 Å². The zero-order valence-corrected chi connectivity index (χ0v) is 14.5. The first kappa shape index (κ1) is 17.4. The number of carboxylic acid groups (broad SMARTS) is 1. The number of nitrogens with one attached hydrogen (secondary N) is 1. The molecule has 140 valence electrons. The molecule has 0 aliphatic heterocycles. The number of halogens is 1. The number of aromatic nitrogens is 2. The molecule has 0 radical (unpaired) electrons. The number of rotatable bonds is 5. The van der Waals surface area contributed by atoms with Crippen LogP contribution in [0.4, 0.5) is 4.39 Å². The van der Waals surface area contributed by atoms with E-state index in [-0.39, 0.29) is 29.5 Å². The summed E-state index contributed by atoms with van der Waals surface area (Å²) < 4.78 is 18.5. The van der Waals surface area contributed by atoms with Crippen molar-refractivity contribution >= 4 is 11.9 Å². The van der Waals surface area contributed by atoms with Crippen molar-refractivity contribution in [3.8, 4) is 11.4 Å². The Morgan fingerprint density at radius 1 is 1.30 bits per heavy atom. The second kappa shape index (κ2) is 6.61. The van der Waals surface area contributed by atoms with E-state index in [0.29, 0.717) is 12.0 Å². The number of aliphatic carboxylic acids is 1. The smallest absolute Gasteiger partial charge is 0.307 e. The van der Waals surface area contributed by atoms with Gasteiger partial charge in [-0.25, -0.2) is 4.39 Å². The Hall–Kier alpha value is -3.03. The largest absolute Gasteiger partial charge is 0.481 e. The van der Waals surface area contributed by atoms with Crippen molar-refractivity contribution in [1.82, 2.24) is 15.5 Å². The highest BCUT2D eigenvalue weighted by Crippen LogP contribution is 2.48. The molecule has 2 aliphatic carbocycles. The van der Waals surface area contributed by atoms with Crippen LogP contribution in [0.2, 0.25) is 0 Å². The van der Waals surface area contributed by atoms with E-state index in [0.717, 1.165) is 0 Å². The Bertz CT molecular complexity index is 925. The molecular formula is C19H18FN3O4. The number of carboxylic acids is 1. The van der Waals surface area contributed by atoms with Gasteiger partial charge in [0.2, 0.25) is 17.6 Å². The standard InChI is InChI=1S/C19H18FN3O4/c1-9(18-22-16(23-27-18)12-3-2-4-13(20)8-12)21-17(24)14-10-5-6-11(7-10)15(14)19(25)26/h2-6,8-11,14-15H,7H2,1H3,(H,21,24)(H,25,26). The summed E-state index contributed by atoms with van der Waals surface area (Å²) in [5.74, 6) is -2.78. The zero-order chi connectivity index (χ0) is 19.1. The summed E-state index contributed by atoms with van der Waals surface area (Å²) in [6.07, 6.45) is 4.50. The third-order valence-corrected chi connectivity index (χ3v) is 5.30. The van der Waals surface area contributed by atoms with Crippen LogP contribution < -0.4 is 5.32 Å². The molecule has 8 heteroatoms. The van der Waals surface area contributed by atoms with Gasteiger partial charge in [0.05, 0.1) is 11.8 Å². The minimum Gasteiger partial charge on any atom is -0.481 e. The minimum absolute atomic E-state index is 0.0613. The lowest BCUT2D eigenvalue weighted by Crippen LogP contribution is -2.41. The number of fused-ring (bicyclic) bond motifs is 2. The van der Waals surface area contributed by atoms with Crippen LogP contribution in [0.25, 0.3) is 11.4 Å². The summed E-state index contributed by atoms with van der Waals surface area (Å²) in [6, 6.07) is 5.21. The Morgan fingerprint density at radius 3 is 2.74 bits per heavy atom. The third-order valence-electron chi connectivity index (χ3n) is 5.30. The molecule has 2 aromatic rings. The van der Waals surface area contributed by atoms with Crippen LogP contribution in [0, 0.1) is 29.5 Å². The van der Waals surface area contributed by atoms with Crippen molar-refractivity contribution in [3.05, 3.63) is 48.1 Å². The molecule has 2 aliphatic rings. The van der Waals surface area contributed by atoms with Crippen LogP contribution in [-0.2, 0) is 9.59 Å². The molecule has 1 aromatic carbocycles. The van der Waals surface area contributed by atoms with Crippen LogP contribution >= 0.6 is 0 Å². The summed E-state index contributed by atoms with van der Waals surface area (Å²) in [7, 11) is 0. The average Bonchev–Trinajstić information content (AvgIpc) is 3.36. The first-order valence-corrected chi connectivity index (χ1v) is 8.75. The van der Waals surface area contributed by atoms with Crippen molar-refractivity contribution in [3.63, 3.8) is 0 Å². The normalized spacial score (nSPS) is 26.9. The molecule has 27 heavy (non-hydrogen) atoms. The third kappa shape index (κ3) is 3.11. The summed E-state index contributed by atoms with van der Waals surface area (Å²) in [4.78, 5) is 28.5. The molecule has 5 atom stereocenters. The van der Waals surface area contributed by atoms with E-state index in [9.17, 15) is 19.1 Å². The number of hydrogen-bond donors (Lipinski definition) is 2. The van der Waals surface area contributed by atoms with Crippen molar-refractivity contribution in [2.75, 3.05) is 0 Å². The predicted octanol–water partition coefficient (Wildman–Crippen LogP) is 2.58. The van der Waals surface area contributed by atoms with Crippen molar-refractivity contribution in [2.45, 2.75) is 19.4 Å². The van der Waals surface area contributed by atoms with E-state index in [2.05, 4.69) is 15.5 Å². The summed E-state index contributed by atoms with van der Waals surface area (Å²) >= 11 is 0. The van der Waals surface area contributed by atoms with Crippen LogP contribution in [0.3, 0.4) is 0 Å². The second-order valence-corrected chi connectivity index (χ2v) is 7.03. The van der Waals surface area contributed by atoms with E-state index in [1.807, 2.05) is 12.2 Å². The van der Waals surface area contributed by atoms with Gasteiger partial charge in [-0.1, -0.05) is 29.4 Å².